The lowest BCUT2D eigenvalue weighted by molar-refractivity contribution is 0.0716. The zero-order chi connectivity index (χ0) is 8.72. The molecule has 3 nitrogen and oxygen atoms in total. The van der Waals surface area contributed by atoms with Crippen LogP contribution in [0.2, 0.25) is 0 Å². The van der Waals surface area contributed by atoms with Crippen LogP contribution in [0.15, 0.2) is 0 Å². The molecule has 1 saturated carbocycles. The SMILES string of the molecule is CC(O)C1CC2OC2CC1CN. The van der Waals surface area contributed by atoms with E-state index in [1.54, 1.807) is 0 Å². The number of hydrogen-bond donors (Lipinski definition) is 2. The normalized spacial score (nSPS) is 48.2. The van der Waals surface area contributed by atoms with Crippen LogP contribution in [0.3, 0.4) is 0 Å². The summed E-state index contributed by atoms with van der Waals surface area (Å²) in [6.07, 6.45) is 2.73. The molecule has 2 aliphatic rings. The van der Waals surface area contributed by atoms with Crippen LogP contribution in [-0.2, 0) is 4.74 Å². The fourth-order valence-electron chi connectivity index (χ4n) is 2.39. The molecule has 2 fully saturated rings. The minimum Gasteiger partial charge on any atom is -0.393 e. The van der Waals surface area contributed by atoms with Crippen LogP contribution in [0.1, 0.15) is 19.8 Å². The molecule has 70 valence electrons. The molecular formula is C9H17NO2. The standard InChI is InChI=1S/C9H17NO2/c1-5(11)7-3-9-8(12-9)2-6(7)4-10/h5-9,11H,2-4,10H2,1H3. The molecule has 1 aliphatic heterocycles. The predicted molar refractivity (Wildman–Crippen MR) is 45.6 cm³/mol. The van der Waals surface area contributed by atoms with Crippen LogP contribution >= 0.6 is 0 Å². The minimum atomic E-state index is -0.233. The highest BCUT2D eigenvalue weighted by atomic mass is 16.6. The summed E-state index contributed by atoms with van der Waals surface area (Å²) in [7, 11) is 0. The van der Waals surface area contributed by atoms with Crippen LogP contribution in [0.5, 0.6) is 0 Å². The summed E-state index contributed by atoms with van der Waals surface area (Å²) in [6.45, 7) is 2.54. The van der Waals surface area contributed by atoms with Crippen molar-refractivity contribution in [2.45, 2.75) is 38.1 Å². The largest absolute Gasteiger partial charge is 0.393 e. The number of aliphatic hydroxyl groups excluding tert-OH is 1. The number of epoxide rings is 1. The van der Waals surface area contributed by atoms with Crippen molar-refractivity contribution in [1.29, 1.82) is 0 Å². The summed E-state index contributed by atoms with van der Waals surface area (Å²) in [5, 5.41) is 9.50. The molecule has 1 saturated heterocycles. The van der Waals surface area contributed by atoms with Crippen molar-refractivity contribution in [2.24, 2.45) is 17.6 Å². The average molecular weight is 171 g/mol. The molecule has 0 spiro atoms. The Bertz CT molecular complexity index is 172. The van der Waals surface area contributed by atoms with E-state index in [-0.39, 0.29) is 6.10 Å². The van der Waals surface area contributed by atoms with E-state index >= 15 is 0 Å². The topological polar surface area (TPSA) is 58.8 Å². The monoisotopic (exact) mass is 171 g/mol. The third-order valence-corrected chi connectivity index (χ3v) is 3.26. The van der Waals surface area contributed by atoms with Gasteiger partial charge in [0.2, 0.25) is 0 Å². The Labute approximate surface area is 72.9 Å². The van der Waals surface area contributed by atoms with Crippen LogP contribution in [-0.4, -0.2) is 30.0 Å². The van der Waals surface area contributed by atoms with Crippen molar-refractivity contribution in [1.82, 2.24) is 0 Å². The van der Waals surface area contributed by atoms with Crippen molar-refractivity contribution in [3.05, 3.63) is 0 Å². The van der Waals surface area contributed by atoms with Gasteiger partial charge in [0, 0.05) is 0 Å². The number of fused-ring (bicyclic) bond motifs is 1. The smallest absolute Gasteiger partial charge is 0.0845 e. The number of aliphatic hydroxyl groups is 1. The molecule has 1 heterocycles. The first-order chi connectivity index (χ1) is 5.72. The van der Waals surface area contributed by atoms with E-state index in [2.05, 4.69) is 0 Å². The Morgan fingerprint density at radius 1 is 1.50 bits per heavy atom. The van der Waals surface area contributed by atoms with Gasteiger partial charge in [0.05, 0.1) is 18.3 Å². The molecule has 5 unspecified atom stereocenters. The highest BCUT2D eigenvalue weighted by Gasteiger charge is 2.48. The second-order valence-corrected chi connectivity index (χ2v) is 4.08. The van der Waals surface area contributed by atoms with Gasteiger partial charge in [-0.2, -0.15) is 0 Å². The van der Waals surface area contributed by atoms with E-state index in [0.717, 1.165) is 12.8 Å². The molecule has 0 radical (unpaired) electrons. The molecule has 2 rings (SSSR count). The van der Waals surface area contributed by atoms with E-state index in [1.165, 1.54) is 0 Å². The molecule has 3 N–H and O–H groups in total. The second kappa shape index (κ2) is 2.98. The van der Waals surface area contributed by atoms with Gasteiger partial charge in [-0.15, -0.1) is 0 Å². The Balaban J connectivity index is 1.98. The Morgan fingerprint density at radius 3 is 2.75 bits per heavy atom. The minimum absolute atomic E-state index is 0.233. The van der Waals surface area contributed by atoms with Gasteiger partial charge >= 0.3 is 0 Å². The Morgan fingerprint density at radius 2 is 2.17 bits per heavy atom. The Hall–Kier alpha value is -0.120. The lowest BCUT2D eigenvalue weighted by Crippen LogP contribution is -2.36. The average Bonchev–Trinajstić information content (AvgIpc) is 2.79. The molecule has 0 amide bonds. The number of rotatable bonds is 2. The molecule has 3 heteroatoms. The van der Waals surface area contributed by atoms with Gasteiger partial charge in [0.15, 0.2) is 0 Å². The van der Waals surface area contributed by atoms with Gasteiger partial charge in [-0.3, -0.25) is 0 Å². The molecule has 1 aliphatic carbocycles. The molecule has 0 aromatic heterocycles. The van der Waals surface area contributed by atoms with Gasteiger partial charge in [-0.05, 0) is 38.1 Å². The molecule has 0 aromatic carbocycles. The second-order valence-electron chi connectivity index (χ2n) is 4.08. The zero-order valence-electron chi connectivity index (χ0n) is 7.44. The summed E-state index contributed by atoms with van der Waals surface area (Å²) in [5.41, 5.74) is 5.65. The summed E-state index contributed by atoms with van der Waals surface area (Å²) in [4.78, 5) is 0. The lowest BCUT2D eigenvalue weighted by atomic mass is 9.77. The Kier molecular flexibility index (Phi) is 2.10. The first kappa shape index (κ1) is 8.48. The van der Waals surface area contributed by atoms with Gasteiger partial charge in [0.1, 0.15) is 0 Å². The van der Waals surface area contributed by atoms with Crippen molar-refractivity contribution in [2.75, 3.05) is 6.54 Å². The summed E-state index contributed by atoms with van der Waals surface area (Å²) < 4.78 is 5.42. The number of ether oxygens (including phenoxy) is 1. The maximum Gasteiger partial charge on any atom is 0.0845 e. The fraction of sp³-hybridized carbons (Fsp3) is 1.00. The summed E-state index contributed by atoms with van der Waals surface area (Å²) in [6, 6.07) is 0. The number of nitrogens with two attached hydrogens (primary N) is 1. The zero-order valence-corrected chi connectivity index (χ0v) is 7.44. The molecular weight excluding hydrogens is 154 g/mol. The van der Waals surface area contributed by atoms with Gasteiger partial charge < -0.3 is 15.6 Å². The van der Waals surface area contributed by atoms with Crippen molar-refractivity contribution in [3.8, 4) is 0 Å². The third-order valence-electron chi connectivity index (χ3n) is 3.26. The van der Waals surface area contributed by atoms with Crippen molar-refractivity contribution >= 4 is 0 Å². The van der Waals surface area contributed by atoms with Gasteiger partial charge in [0.25, 0.3) is 0 Å². The third kappa shape index (κ3) is 1.37. The molecule has 0 aromatic rings. The molecule has 5 atom stereocenters. The van der Waals surface area contributed by atoms with Crippen LogP contribution in [0, 0.1) is 11.8 Å². The maximum absolute atomic E-state index is 9.50. The highest BCUT2D eigenvalue weighted by molar-refractivity contribution is 4.97. The van der Waals surface area contributed by atoms with Crippen molar-refractivity contribution < 1.29 is 9.84 Å². The van der Waals surface area contributed by atoms with Crippen LogP contribution in [0.4, 0.5) is 0 Å². The van der Waals surface area contributed by atoms with E-state index in [4.69, 9.17) is 10.5 Å². The number of hydrogen-bond acceptors (Lipinski definition) is 3. The highest BCUT2D eigenvalue weighted by Crippen LogP contribution is 2.43. The first-order valence-electron chi connectivity index (χ1n) is 4.76. The quantitative estimate of drug-likeness (QED) is 0.580. The first-order valence-corrected chi connectivity index (χ1v) is 4.76. The summed E-state index contributed by atoms with van der Waals surface area (Å²) >= 11 is 0. The van der Waals surface area contributed by atoms with Gasteiger partial charge in [-0.25, -0.2) is 0 Å². The fourth-order valence-corrected chi connectivity index (χ4v) is 2.39. The van der Waals surface area contributed by atoms with E-state index in [0.29, 0.717) is 30.6 Å². The van der Waals surface area contributed by atoms with Crippen molar-refractivity contribution in [3.63, 3.8) is 0 Å². The lowest BCUT2D eigenvalue weighted by Gasteiger charge is -2.30. The molecule has 12 heavy (non-hydrogen) atoms. The van der Waals surface area contributed by atoms with E-state index in [9.17, 15) is 5.11 Å². The van der Waals surface area contributed by atoms with E-state index < -0.39 is 0 Å². The molecule has 0 bridgehead atoms. The van der Waals surface area contributed by atoms with Gasteiger partial charge in [-0.1, -0.05) is 0 Å². The van der Waals surface area contributed by atoms with E-state index in [1.807, 2.05) is 6.92 Å². The van der Waals surface area contributed by atoms with Crippen LogP contribution < -0.4 is 5.73 Å². The summed E-state index contributed by atoms with van der Waals surface area (Å²) in [5.74, 6) is 0.826. The maximum atomic E-state index is 9.50. The van der Waals surface area contributed by atoms with Crippen LogP contribution in [0.25, 0.3) is 0 Å². The predicted octanol–water partition coefficient (Wildman–Crippen LogP) is 0.120.